The topological polar surface area (TPSA) is 0 Å². The first-order valence-corrected chi connectivity index (χ1v) is 3.42. The Bertz CT molecular complexity index is 60.6. The summed E-state index contributed by atoms with van der Waals surface area (Å²) in [6.07, 6.45) is 4.63. The van der Waals surface area contributed by atoms with Crippen LogP contribution in [0.15, 0.2) is 11.6 Å². The molecule has 0 aliphatic heterocycles. The van der Waals surface area contributed by atoms with Crippen LogP contribution in [0.1, 0.15) is 20.3 Å². The van der Waals surface area contributed by atoms with E-state index in [0.717, 1.165) is 0 Å². The van der Waals surface area contributed by atoms with Gasteiger partial charge in [-0.25, -0.2) is 0 Å². The molecule has 0 aromatic carbocycles. The fraction of sp³-hybridized carbons (Fsp3) is 0.667. The van der Waals surface area contributed by atoms with Crippen LogP contribution >= 0.6 is 9.24 Å². The Morgan fingerprint density at radius 1 is 1.57 bits per heavy atom. The van der Waals surface area contributed by atoms with E-state index in [-0.39, 0.29) is 0 Å². The van der Waals surface area contributed by atoms with Gasteiger partial charge in [0.05, 0.1) is 0 Å². The van der Waals surface area contributed by atoms with Crippen molar-refractivity contribution in [2.75, 3.05) is 6.16 Å². The molecule has 0 aromatic rings. The molecule has 0 nitrogen and oxygen atoms in total. The van der Waals surface area contributed by atoms with Crippen molar-refractivity contribution in [1.29, 1.82) is 0 Å². The summed E-state index contributed by atoms with van der Waals surface area (Å²) in [5.41, 5.74) is 1.42. The van der Waals surface area contributed by atoms with E-state index in [1.165, 1.54) is 18.2 Å². The van der Waals surface area contributed by atoms with Gasteiger partial charge in [0.2, 0.25) is 0 Å². The highest BCUT2D eigenvalue weighted by Gasteiger charge is 1.73. The Balaban J connectivity index is 3.08. The van der Waals surface area contributed by atoms with E-state index in [1.807, 2.05) is 0 Å². The summed E-state index contributed by atoms with van der Waals surface area (Å²) in [4.78, 5) is 0. The number of rotatable bonds is 2. The average molecular weight is 116 g/mol. The molecule has 0 N–H and O–H groups in total. The van der Waals surface area contributed by atoms with Crippen LogP contribution in [-0.2, 0) is 0 Å². The molecule has 0 spiro atoms. The molecule has 0 aliphatic rings. The zero-order valence-corrected chi connectivity index (χ0v) is 6.22. The third-order valence-corrected chi connectivity index (χ3v) is 1.05. The van der Waals surface area contributed by atoms with Gasteiger partial charge in [-0.15, -0.1) is 9.24 Å². The Hall–Kier alpha value is 0.170. The molecule has 0 saturated heterocycles. The van der Waals surface area contributed by atoms with Crippen LogP contribution in [0, 0.1) is 0 Å². The minimum atomic E-state index is 1.19. The van der Waals surface area contributed by atoms with Gasteiger partial charge in [-0.05, 0) is 26.4 Å². The SMILES string of the molecule is CC(C)=CCCP. The van der Waals surface area contributed by atoms with E-state index in [2.05, 4.69) is 29.2 Å². The Morgan fingerprint density at radius 3 is 2.29 bits per heavy atom. The summed E-state index contributed by atoms with van der Waals surface area (Å²) in [6, 6.07) is 0. The van der Waals surface area contributed by atoms with Crippen molar-refractivity contribution in [3.8, 4) is 0 Å². The summed E-state index contributed by atoms with van der Waals surface area (Å²) in [7, 11) is 2.70. The maximum absolute atomic E-state index is 2.70. The molecule has 1 heteroatoms. The highest BCUT2D eigenvalue weighted by atomic mass is 31.0. The molecule has 1 unspecified atom stereocenters. The largest absolute Gasteiger partial charge is 0.137 e. The van der Waals surface area contributed by atoms with E-state index in [4.69, 9.17) is 0 Å². The molecule has 7 heavy (non-hydrogen) atoms. The summed E-state index contributed by atoms with van der Waals surface area (Å²) < 4.78 is 0. The van der Waals surface area contributed by atoms with Crippen molar-refractivity contribution in [2.45, 2.75) is 20.3 Å². The molecule has 1 atom stereocenters. The number of hydrogen-bond acceptors (Lipinski definition) is 0. The maximum Gasteiger partial charge on any atom is -0.0313 e. The van der Waals surface area contributed by atoms with Crippen molar-refractivity contribution in [3.63, 3.8) is 0 Å². The van der Waals surface area contributed by atoms with Crippen LogP contribution in [0.2, 0.25) is 0 Å². The Morgan fingerprint density at radius 2 is 2.14 bits per heavy atom. The monoisotopic (exact) mass is 116 g/mol. The lowest BCUT2D eigenvalue weighted by Crippen LogP contribution is -1.67. The molecule has 0 saturated carbocycles. The molecule has 42 valence electrons. The minimum Gasteiger partial charge on any atom is -0.137 e. The van der Waals surface area contributed by atoms with Gasteiger partial charge >= 0.3 is 0 Å². The van der Waals surface area contributed by atoms with Gasteiger partial charge in [-0.3, -0.25) is 0 Å². The first kappa shape index (κ1) is 7.17. The van der Waals surface area contributed by atoms with Gasteiger partial charge in [0, 0.05) is 0 Å². The first-order chi connectivity index (χ1) is 3.27. The third kappa shape index (κ3) is 6.17. The van der Waals surface area contributed by atoms with E-state index in [1.54, 1.807) is 0 Å². The van der Waals surface area contributed by atoms with E-state index < -0.39 is 0 Å². The normalized spacial score (nSPS) is 8.43. The molecular weight excluding hydrogens is 103 g/mol. The van der Waals surface area contributed by atoms with Gasteiger partial charge in [-0.2, -0.15) is 0 Å². The fourth-order valence-corrected chi connectivity index (χ4v) is 0.539. The number of allylic oxidation sites excluding steroid dienone is 2. The lowest BCUT2D eigenvalue weighted by atomic mass is 10.3. The van der Waals surface area contributed by atoms with Crippen LogP contribution < -0.4 is 0 Å². The maximum atomic E-state index is 2.70. The average Bonchev–Trinajstić information content (AvgIpc) is 1.61. The van der Waals surface area contributed by atoms with Crippen LogP contribution in [-0.4, -0.2) is 6.16 Å². The Labute approximate surface area is 48.2 Å². The molecule has 0 fully saturated rings. The van der Waals surface area contributed by atoms with Gasteiger partial charge < -0.3 is 0 Å². The van der Waals surface area contributed by atoms with E-state index >= 15 is 0 Å². The van der Waals surface area contributed by atoms with Crippen LogP contribution in [0.3, 0.4) is 0 Å². The molecule has 0 bridgehead atoms. The minimum absolute atomic E-state index is 1.19. The van der Waals surface area contributed by atoms with E-state index in [9.17, 15) is 0 Å². The molecule has 0 heterocycles. The fourth-order valence-electron chi connectivity index (χ4n) is 0.372. The zero-order valence-electron chi connectivity index (χ0n) is 5.07. The summed E-state index contributed by atoms with van der Waals surface area (Å²) in [5, 5.41) is 0. The summed E-state index contributed by atoms with van der Waals surface area (Å²) >= 11 is 0. The van der Waals surface area contributed by atoms with Gasteiger partial charge in [0.1, 0.15) is 0 Å². The molecule has 0 aliphatic carbocycles. The van der Waals surface area contributed by atoms with Crippen LogP contribution in [0.4, 0.5) is 0 Å². The van der Waals surface area contributed by atoms with Gasteiger partial charge in [-0.1, -0.05) is 11.6 Å². The zero-order chi connectivity index (χ0) is 5.70. The lowest BCUT2D eigenvalue weighted by molar-refractivity contribution is 1.19. The van der Waals surface area contributed by atoms with Crippen molar-refractivity contribution >= 4 is 9.24 Å². The van der Waals surface area contributed by atoms with Gasteiger partial charge in [0.25, 0.3) is 0 Å². The quantitative estimate of drug-likeness (QED) is 0.383. The number of hydrogen-bond donors (Lipinski definition) is 0. The predicted octanol–water partition coefficient (Wildman–Crippen LogP) is 2.22. The summed E-state index contributed by atoms with van der Waals surface area (Å²) in [5.74, 6) is 0. The molecule has 0 amide bonds. The third-order valence-electron chi connectivity index (χ3n) is 0.719. The highest BCUT2D eigenvalue weighted by molar-refractivity contribution is 7.16. The highest BCUT2D eigenvalue weighted by Crippen LogP contribution is 1.94. The first-order valence-electron chi connectivity index (χ1n) is 2.61. The molecule has 0 radical (unpaired) electrons. The van der Waals surface area contributed by atoms with Crippen molar-refractivity contribution < 1.29 is 0 Å². The lowest BCUT2D eigenvalue weighted by Gasteiger charge is -1.85. The van der Waals surface area contributed by atoms with Crippen molar-refractivity contribution in [2.24, 2.45) is 0 Å². The van der Waals surface area contributed by atoms with Crippen molar-refractivity contribution in [1.82, 2.24) is 0 Å². The second-order valence-electron chi connectivity index (χ2n) is 1.86. The second-order valence-corrected chi connectivity index (χ2v) is 2.44. The van der Waals surface area contributed by atoms with Gasteiger partial charge in [0.15, 0.2) is 0 Å². The standard InChI is InChI=1S/C6H13P/c1-6(2)4-3-5-7/h4H,3,5,7H2,1-2H3. The Kier molecular flexibility index (Phi) is 4.44. The van der Waals surface area contributed by atoms with Crippen LogP contribution in [0.25, 0.3) is 0 Å². The summed E-state index contributed by atoms with van der Waals surface area (Å²) in [6.45, 7) is 4.25. The van der Waals surface area contributed by atoms with Crippen LogP contribution in [0.5, 0.6) is 0 Å². The molecule has 0 aromatic heterocycles. The van der Waals surface area contributed by atoms with E-state index in [0.29, 0.717) is 0 Å². The molecule has 0 rings (SSSR count). The smallest absolute Gasteiger partial charge is 0.0313 e. The van der Waals surface area contributed by atoms with Crippen molar-refractivity contribution in [3.05, 3.63) is 11.6 Å². The molecular formula is C6H13P. The predicted molar refractivity (Wildman–Crippen MR) is 38.6 cm³/mol. The second kappa shape index (κ2) is 4.33.